The molecule has 0 aliphatic heterocycles. The maximum Gasteiger partial charge on any atom is 0.144 e. The fraction of sp³-hybridized carbons (Fsp3) is 0.250. The quantitative estimate of drug-likeness (QED) is 0.797. The van der Waals surface area contributed by atoms with Gasteiger partial charge in [0, 0.05) is 18.4 Å². The monoisotopic (exact) mass is 233 g/mol. The molecule has 1 rings (SSSR count). The molecule has 0 saturated carbocycles. The average Bonchev–Trinajstić information content (AvgIpc) is 2.06. The lowest BCUT2D eigenvalue weighted by molar-refractivity contribution is 0.182. The van der Waals surface area contributed by atoms with Gasteiger partial charge in [0.2, 0.25) is 0 Å². The van der Waals surface area contributed by atoms with Gasteiger partial charge in [0.1, 0.15) is 5.82 Å². The number of nitrogen functional groups attached to an aromatic ring is 1. The molecule has 0 aliphatic rings. The Labute approximate surface area is 78.6 Å². The molecule has 0 bridgehead atoms. The maximum atomic E-state index is 13.2. The lowest BCUT2D eigenvalue weighted by Gasteiger charge is -2.06. The van der Waals surface area contributed by atoms with Gasteiger partial charge in [0.05, 0.1) is 11.1 Å². The number of hydrogen-bond donors (Lipinski definition) is 1. The van der Waals surface area contributed by atoms with E-state index in [1.165, 1.54) is 7.11 Å². The number of halogens is 2. The van der Waals surface area contributed by atoms with Gasteiger partial charge in [-0.2, -0.15) is 0 Å². The highest BCUT2D eigenvalue weighted by atomic mass is 79.9. The summed E-state index contributed by atoms with van der Waals surface area (Å²) >= 11 is 3.06. The Kier molecular flexibility index (Phi) is 3.05. The molecule has 2 nitrogen and oxygen atoms in total. The van der Waals surface area contributed by atoms with Crippen LogP contribution in [0, 0.1) is 5.82 Å². The number of methoxy groups -OCH3 is 1. The van der Waals surface area contributed by atoms with Crippen LogP contribution in [0.4, 0.5) is 10.1 Å². The van der Waals surface area contributed by atoms with E-state index in [-0.39, 0.29) is 12.4 Å². The molecule has 0 saturated heterocycles. The van der Waals surface area contributed by atoms with Crippen LogP contribution in [0.5, 0.6) is 0 Å². The Balaban J connectivity index is 3.14. The van der Waals surface area contributed by atoms with Gasteiger partial charge in [0.25, 0.3) is 0 Å². The zero-order valence-corrected chi connectivity index (χ0v) is 8.19. The lowest BCUT2D eigenvalue weighted by Crippen LogP contribution is -2.00. The predicted molar refractivity (Wildman–Crippen MR) is 49.2 cm³/mol. The van der Waals surface area contributed by atoms with Crippen LogP contribution in [0.3, 0.4) is 0 Å². The van der Waals surface area contributed by atoms with Crippen molar-refractivity contribution in [1.82, 2.24) is 0 Å². The van der Waals surface area contributed by atoms with E-state index < -0.39 is 0 Å². The van der Waals surface area contributed by atoms with Crippen molar-refractivity contribution >= 4 is 21.6 Å². The largest absolute Gasteiger partial charge is 0.398 e. The van der Waals surface area contributed by atoms with Crippen molar-refractivity contribution in [1.29, 1.82) is 0 Å². The third-order valence-electron chi connectivity index (χ3n) is 1.52. The van der Waals surface area contributed by atoms with Crippen LogP contribution < -0.4 is 5.73 Å². The van der Waals surface area contributed by atoms with Crippen LogP contribution in [-0.2, 0) is 11.3 Å². The van der Waals surface area contributed by atoms with E-state index in [1.807, 2.05) is 0 Å². The smallest absolute Gasteiger partial charge is 0.144 e. The Hall–Kier alpha value is -0.610. The minimum Gasteiger partial charge on any atom is -0.398 e. The van der Waals surface area contributed by atoms with Gasteiger partial charge in [0.15, 0.2) is 0 Å². The Bertz CT molecular complexity index is 291. The van der Waals surface area contributed by atoms with Gasteiger partial charge in [-0.25, -0.2) is 4.39 Å². The van der Waals surface area contributed by atoms with Crippen molar-refractivity contribution in [3.05, 3.63) is 28.0 Å². The summed E-state index contributed by atoms with van der Waals surface area (Å²) in [6.45, 7) is 0.192. The second-order valence-corrected chi connectivity index (χ2v) is 3.22. The van der Waals surface area contributed by atoms with E-state index in [1.54, 1.807) is 12.1 Å². The highest BCUT2D eigenvalue weighted by molar-refractivity contribution is 9.10. The number of rotatable bonds is 2. The van der Waals surface area contributed by atoms with Crippen molar-refractivity contribution in [2.24, 2.45) is 0 Å². The van der Waals surface area contributed by atoms with Gasteiger partial charge in [-0.1, -0.05) is 0 Å². The van der Waals surface area contributed by atoms with Crippen molar-refractivity contribution in [2.45, 2.75) is 6.61 Å². The van der Waals surface area contributed by atoms with Gasteiger partial charge in [-0.3, -0.25) is 0 Å². The third-order valence-corrected chi connectivity index (χ3v) is 2.13. The molecule has 0 heterocycles. The van der Waals surface area contributed by atoms with E-state index in [9.17, 15) is 4.39 Å². The first kappa shape index (κ1) is 9.48. The minimum atomic E-state index is -0.350. The molecule has 0 radical (unpaired) electrons. The van der Waals surface area contributed by atoms with Crippen LogP contribution in [0.15, 0.2) is 16.6 Å². The number of nitrogens with two attached hydrogens (primary N) is 1. The molecule has 4 heteroatoms. The van der Waals surface area contributed by atoms with E-state index in [0.29, 0.717) is 15.7 Å². The van der Waals surface area contributed by atoms with Crippen LogP contribution >= 0.6 is 15.9 Å². The van der Waals surface area contributed by atoms with Crippen LogP contribution in [0.1, 0.15) is 5.56 Å². The van der Waals surface area contributed by atoms with Crippen molar-refractivity contribution < 1.29 is 9.13 Å². The van der Waals surface area contributed by atoms with E-state index in [0.717, 1.165) is 0 Å². The van der Waals surface area contributed by atoms with Gasteiger partial charge in [-0.05, 0) is 28.1 Å². The molecule has 0 fully saturated rings. The second kappa shape index (κ2) is 3.87. The lowest BCUT2D eigenvalue weighted by atomic mass is 10.2. The third kappa shape index (κ3) is 1.76. The Morgan fingerprint density at radius 2 is 2.25 bits per heavy atom. The fourth-order valence-corrected chi connectivity index (χ4v) is 1.27. The molecule has 0 unspecified atom stereocenters. The molecule has 0 atom stereocenters. The van der Waals surface area contributed by atoms with Crippen LogP contribution in [0.2, 0.25) is 0 Å². The number of anilines is 1. The van der Waals surface area contributed by atoms with Crippen molar-refractivity contribution in [3.63, 3.8) is 0 Å². The zero-order chi connectivity index (χ0) is 9.14. The standard InChI is InChI=1S/C8H9BrFNO/c1-12-4-5-7(11)3-2-6(9)8(5)10/h2-3H,4,11H2,1H3. The molecular formula is C8H9BrFNO. The zero-order valence-electron chi connectivity index (χ0n) is 6.60. The minimum absolute atomic E-state index is 0.192. The maximum absolute atomic E-state index is 13.2. The van der Waals surface area contributed by atoms with Gasteiger partial charge >= 0.3 is 0 Å². The molecule has 12 heavy (non-hydrogen) atoms. The number of benzene rings is 1. The predicted octanol–water partition coefficient (Wildman–Crippen LogP) is 2.32. The van der Waals surface area contributed by atoms with E-state index >= 15 is 0 Å². The normalized spacial score (nSPS) is 10.2. The summed E-state index contributed by atoms with van der Waals surface area (Å²) in [5.74, 6) is -0.350. The molecule has 0 aromatic heterocycles. The van der Waals surface area contributed by atoms with Crippen LogP contribution in [0.25, 0.3) is 0 Å². The topological polar surface area (TPSA) is 35.2 Å². The number of hydrogen-bond acceptors (Lipinski definition) is 2. The van der Waals surface area contributed by atoms with E-state index in [4.69, 9.17) is 10.5 Å². The summed E-state index contributed by atoms with van der Waals surface area (Å²) in [6, 6.07) is 3.21. The summed E-state index contributed by atoms with van der Waals surface area (Å²) < 4.78 is 18.5. The summed E-state index contributed by atoms with van der Waals surface area (Å²) in [5.41, 5.74) is 6.35. The number of ether oxygens (including phenoxy) is 1. The Morgan fingerprint density at radius 1 is 1.58 bits per heavy atom. The molecule has 1 aromatic rings. The fourth-order valence-electron chi connectivity index (χ4n) is 0.899. The molecule has 66 valence electrons. The first-order valence-corrected chi connectivity index (χ1v) is 4.17. The molecule has 0 spiro atoms. The summed E-state index contributed by atoms with van der Waals surface area (Å²) in [6.07, 6.45) is 0. The summed E-state index contributed by atoms with van der Waals surface area (Å²) in [7, 11) is 1.50. The molecule has 2 N–H and O–H groups in total. The Morgan fingerprint density at radius 3 is 2.83 bits per heavy atom. The SMILES string of the molecule is COCc1c(N)ccc(Br)c1F. The van der Waals surface area contributed by atoms with Gasteiger partial charge < -0.3 is 10.5 Å². The molecule has 1 aromatic carbocycles. The molecular weight excluding hydrogens is 225 g/mol. The molecule has 0 amide bonds. The highest BCUT2D eigenvalue weighted by Crippen LogP contribution is 2.24. The average molecular weight is 234 g/mol. The first-order chi connectivity index (χ1) is 5.66. The molecule has 0 aliphatic carbocycles. The van der Waals surface area contributed by atoms with Crippen LogP contribution in [-0.4, -0.2) is 7.11 Å². The summed E-state index contributed by atoms with van der Waals surface area (Å²) in [4.78, 5) is 0. The van der Waals surface area contributed by atoms with Gasteiger partial charge in [-0.15, -0.1) is 0 Å². The summed E-state index contributed by atoms with van der Waals surface area (Å²) in [5, 5.41) is 0. The van der Waals surface area contributed by atoms with Crippen molar-refractivity contribution in [2.75, 3.05) is 12.8 Å². The van der Waals surface area contributed by atoms with E-state index in [2.05, 4.69) is 15.9 Å². The first-order valence-electron chi connectivity index (χ1n) is 3.38. The second-order valence-electron chi connectivity index (χ2n) is 2.36. The highest BCUT2D eigenvalue weighted by Gasteiger charge is 2.09. The van der Waals surface area contributed by atoms with Crippen molar-refractivity contribution in [3.8, 4) is 0 Å².